The molecular weight excluding hydrogens is 325 g/mol. The molecule has 124 valence electrons. The number of halogens is 3. The Hall–Kier alpha value is -1.67. The molecule has 8 heteroatoms. The zero-order chi connectivity index (χ0) is 16.4. The Morgan fingerprint density at radius 2 is 1.87 bits per heavy atom. The number of hydrogen-bond acceptors (Lipinski definition) is 2. The Kier molecular flexibility index (Phi) is 4.54. The summed E-state index contributed by atoms with van der Waals surface area (Å²) in [6.07, 6.45) is -0.940. The van der Waals surface area contributed by atoms with Crippen molar-refractivity contribution in [2.75, 3.05) is 13.1 Å². The second-order valence-corrected chi connectivity index (χ2v) is 6.17. The number of quaternary nitrogens is 1. The number of nitrogens with zero attached hydrogens (tertiary/aromatic N) is 2. The summed E-state index contributed by atoms with van der Waals surface area (Å²) in [7, 11) is 0. The summed E-state index contributed by atoms with van der Waals surface area (Å²) in [6.45, 7) is 2.60. The van der Waals surface area contributed by atoms with Gasteiger partial charge in [-0.15, -0.1) is 0 Å². The molecule has 0 amide bonds. The van der Waals surface area contributed by atoms with E-state index in [1.165, 1.54) is 28.0 Å². The predicted molar refractivity (Wildman–Crippen MR) is 82.0 cm³/mol. The first-order valence-electron chi connectivity index (χ1n) is 7.63. The van der Waals surface area contributed by atoms with Gasteiger partial charge in [-0.25, -0.2) is 0 Å². The maximum Gasteiger partial charge on any atom is 0.418 e. The van der Waals surface area contributed by atoms with E-state index >= 15 is 0 Å². The lowest BCUT2D eigenvalue weighted by Gasteiger charge is -2.23. The van der Waals surface area contributed by atoms with E-state index in [2.05, 4.69) is 10.2 Å². The fourth-order valence-corrected chi connectivity index (χ4v) is 3.31. The molecule has 0 atom stereocenters. The Bertz CT molecular complexity index is 729. The van der Waals surface area contributed by atoms with Gasteiger partial charge in [-0.2, -0.15) is 18.3 Å². The number of hydrogen-bond donors (Lipinski definition) is 2. The molecule has 0 saturated carbocycles. The van der Waals surface area contributed by atoms with Crippen molar-refractivity contribution >= 4 is 12.2 Å². The fourth-order valence-electron chi connectivity index (χ4n) is 3.06. The number of para-hydroxylation sites is 1. The topological polar surface area (TPSA) is 38.0 Å². The minimum absolute atomic E-state index is 0.0326. The second kappa shape index (κ2) is 6.45. The molecule has 1 aliphatic heterocycles. The van der Waals surface area contributed by atoms with Crippen LogP contribution in [0.3, 0.4) is 0 Å². The molecule has 1 fully saturated rings. The van der Waals surface area contributed by atoms with Crippen molar-refractivity contribution < 1.29 is 18.1 Å². The summed E-state index contributed by atoms with van der Waals surface area (Å²) in [4.78, 5) is 1.33. The van der Waals surface area contributed by atoms with E-state index in [-0.39, 0.29) is 10.5 Å². The highest BCUT2D eigenvalue weighted by atomic mass is 32.1. The SMILES string of the molecule is FC(F)(F)c1ccccc1-n1c(C[NH+]2CCCCC2)n[nH]c1=S. The Balaban J connectivity index is 2.01. The van der Waals surface area contributed by atoms with Crippen LogP contribution < -0.4 is 4.90 Å². The number of nitrogens with one attached hydrogen (secondary N) is 2. The number of likely N-dealkylation sites (tertiary alicyclic amines) is 1. The minimum Gasteiger partial charge on any atom is -0.329 e. The normalized spacial score (nSPS) is 16.7. The van der Waals surface area contributed by atoms with Crippen molar-refractivity contribution in [1.82, 2.24) is 14.8 Å². The Morgan fingerprint density at radius 3 is 2.57 bits per heavy atom. The lowest BCUT2D eigenvalue weighted by Crippen LogP contribution is -3.11. The molecule has 3 rings (SSSR count). The van der Waals surface area contributed by atoms with E-state index in [1.54, 1.807) is 6.07 Å². The van der Waals surface area contributed by atoms with Gasteiger partial charge in [0.2, 0.25) is 0 Å². The molecule has 2 N–H and O–H groups in total. The summed E-state index contributed by atoms with van der Waals surface area (Å²) in [5.41, 5.74) is -0.669. The van der Waals surface area contributed by atoms with E-state index in [0.717, 1.165) is 32.0 Å². The number of rotatable bonds is 3. The molecule has 0 radical (unpaired) electrons. The number of H-pyrrole nitrogens is 1. The molecule has 0 bridgehead atoms. The van der Waals surface area contributed by atoms with Gasteiger partial charge in [0.25, 0.3) is 0 Å². The minimum atomic E-state index is -4.43. The van der Waals surface area contributed by atoms with Crippen molar-refractivity contribution in [3.8, 4) is 5.69 Å². The largest absolute Gasteiger partial charge is 0.418 e. The molecule has 2 aromatic rings. The highest BCUT2D eigenvalue weighted by Gasteiger charge is 2.34. The standard InChI is InChI=1S/C15H17F3N4S/c16-15(17,18)11-6-2-3-7-12(11)22-13(19-20-14(22)23)10-21-8-4-1-5-9-21/h2-3,6-7H,1,4-5,8-10H2,(H,20,23)/p+1. The van der Waals surface area contributed by atoms with Crippen LogP contribution >= 0.6 is 12.2 Å². The average molecular weight is 343 g/mol. The van der Waals surface area contributed by atoms with E-state index in [9.17, 15) is 13.2 Å². The molecule has 4 nitrogen and oxygen atoms in total. The number of aromatic amines is 1. The van der Waals surface area contributed by atoms with Crippen LogP contribution in [0.25, 0.3) is 5.69 Å². The van der Waals surface area contributed by atoms with E-state index in [4.69, 9.17) is 12.2 Å². The molecule has 0 unspecified atom stereocenters. The number of aromatic nitrogens is 3. The van der Waals surface area contributed by atoms with Crippen molar-refractivity contribution in [3.63, 3.8) is 0 Å². The highest BCUT2D eigenvalue weighted by Crippen LogP contribution is 2.34. The lowest BCUT2D eigenvalue weighted by molar-refractivity contribution is -0.919. The van der Waals surface area contributed by atoms with Crippen LogP contribution in [-0.2, 0) is 12.7 Å². The molecule has 1 aromatic heterocycles. The predicted octanol–water partition coefficient (Wildman–Crippen LogP) is 2.52. The van der Waals surface area contributed by atoms with Crippen LogP contribution in [0.5, 0.6) is 0 Å². The van der Waals surface area contributed by atoms with Crippen LogP contribution in [0.4, 0.5) is 13.2 Å². The Labute approximate surface area is 136 Å². The monoisotopic (exact) mass is 343 g/mol. The third kappa shape index (κ3) is 3.48. The van der Waals surface area contributed by atoms with E-state index in [0.29, 0.717) is 12.4 Å². The van der Waals surface area contributed by atoms with Crippen molar-refractivity contribution in [3.05, 3.63) is 40.4 Å². The molecule has 1 saturated heterocycles. The van der Waals surface area contributed by atoms with Gasteiger partial charge in [0.1, 0.15) is 6.54 Å². The first-order valence-corrected chi connectivity index (χ1v) is 8.04. The van der Waals surface area contributed by atoms with Gasteiger partial charge in [-0.05, 0) is 43.6 Å². The number of benzene rings is 1. The van der Waals surface area contributed by atoms with Crippen molar-refractivity contribution in [2.24, 2.45) is 0 Å². The van der Waals surface area contributed by atoms with Gasteiger partial charge in [0.15, 0.2) is 10.6 Å². The maximum absolute atomic E-state index is 13.3. The maximum atomic E-state index is 13.3. The van der Waals surface area contributed by atoms with Crippen LogP contribution in [0.15, 0.2) is 24.3 Å². The lowest BCUT2D eigenvalue weighted by atomic mass is 10.1. The zero-order valence-corrected chi connectivity index (χ0v) is 13.3. The van der Waals surface area contributed by atoms with Gasteiger partial charge in [-0.3, -0.25) is 9.67 Å². The summed E-state index contributed by atoms with van der Waals surface area (Å²) in [5.74, 6) is 0.545. The van der Waals surface area contributed by atoms with Crippen molar-refractivity contribution in [2.45, 2.75) is 32.0 Å². The molecule has 0 aliphatic carbocycles. The second-order valence-electron chi connectivity index (χ2n) is 5.78. The quantitative estimate of drug-likeness (QED) is 0.841. The summed E-state index contributed by atoms with van der Waals surface area (Å²) < 4.78 is 41.4. The first kappa shape index (κ1) is 16.2. The smallest absolute Gasteiger partial charge is 0.329 e. The molecule has 0 spiro atoms. The molecule has 1 aliphatic rings. The van der Waals surface area contributed by atoms with Crippen LogP contribution in [0.2, 0.25) is 0 Å². The highest BCUT2D eigenvalue weighted by molar-refractivity contribution is 7.71. The molecule has 1 aromatic carbocycles. The number of piperidine rings is 1. The number of alkyl halides is 3. The van der Waals surface area contributed by atoms with Gasteiger partial charge in [-0.1, -0.05) is 12.1 Å². The fraction of sp³-hybridized carbons (Fsp3) is 0.467. The van der Waals surface area contributed by atoms with Crippen LogP contribution in [-0.4, -0.2) is 27.9 Å². The van der Waals surface area contributed by atoms with Crippen LogP contribution in [0, 0.1) is 4.77 Å². The third-order valence-corrected chi connectivity index (χ3v) is 4.43. The van der Waals surface area contributed by atoms with E-state index in [1.807, 2.05) is 0 Å². The zero-order valence-electron chi connectivity index (χ0n) is 12.5. The molecular formula is C15H18F3N4S+. The summed E-state index contributed by atoms with van der Waals surface area (Å²) in [6, 6.07) is 5.47. The summed E-state index contributed by atoms with van der Waals surface area (Å²) >= 11 is 5.17. The van der Waals surface area contributed by atoms with Crippen LogP contribution in [0.1, 0.15) is 30.7 Å². The van der Waals surface area contributed by atoms with Crippen molar-refractivity contribution in [1.29, 1.82) is 0 Å². The average Bonchev–Trinajstić information content (AvgIpc) is 2.88. The summed E-state index contributed by atoms with van der Waals surface area (Å²) in [5, 5.41) is 6.81. The van der Waals surface area contributed by atoms with Gasteiger partial charge in [0.05, 0.1) is 24.3 Å². The molecule has 23 heavy (non-hydrogen) atoms. The van der Waals surface area contributed by atoms with E-state index < -0.39 is 11.7 Å². The first-order chi connectivity index (χ1) is 11.0. The van der Waals surface area contributed by atoms with Gasteiger partial charge >= 0.3 is 6.18 Å². The molecule has 2 heterocycles. The third-order valence-electron chi connectivity index (χ3n) is 4.16. The van der Waals surface area contributed by atoms with Gasteiger partial charge < -0.3 is 4.90 Å². The Morgan fingerprint density at radius 1 is 1.17 bits per heavy atom. The van der Waals surface area contributed by atoms with Gasteiger partial charge in [0, 0.05) is 0 Å².